The van der Waals surface area contributed by atoms with Crippen LogP contribution in [0.25, 0.3) is 11.1 Å². The number of hydrogen-bond acceptors (Lipinski definition) is 6. The second kappa shape index (κ2) is 8.86. The standard InChI is InChI=1S/C25H28N4O2/c1-30-23-10-6-5-9-22(23)29-15-13-27(14-16-29)11-12-28-17-24-25(26-19-28)21(18-31-24)20-7-3-2-4-8-20/h2-10,18-19H,11-17H2,1H3. The molecule has 1 saturated heterocycles. The number of methoxy groups -OCH3 is 1. The van der Waals surface area contributed by atoms with Crippen molar-refractivity contribution in [2.75, 3.05) is 51.3 Å². The van der Waals surface area contributed by atoms with E-state index in [9.17, 15) is 0 Å². The molecule has 0 aliphatic carbocycles. The van der Waals surface area contributed by atoms with Gasteiger partial charge in [0.05, 0.1) is 25.7 Å². The van der Waals surface area contributed by atoms with Crippen molar-refractivity contribution < 1.29 is 9.15 Å². The van der Waals surface area contributed by atoms with Crippen molar-refractivity contribution in [2.24, 2.45) is 4.99 Å². The zero-order valence-corrected chi connectivity index (χ0v) is 17.9. The molecule has 31 heavy (non-hydrogen) atoms. The molecule has 6 nitrogen and oxygen atoms in total. The predicted molar refractivity (Wildman–Crippen MR) is 124 cm³/mol. The predicted octanol–water partition coefficient (Wildman–Crippen LogP) is 4.25. The highest BCUT2D eigenvalue weighted by atomic mass is 16.5. The number of furan rings is 1. The average molecular weight is 417 g/mol. The maximum absolute atomic E-state index is 5.86. The molecule has 0 unspecified atom stereocenters. The van der Waals surface area contributed by atoms with E-state index in [0.717, 1.165) is 74.1 Å². The van der Waals surface area contributed by atoms with Crippen molar-refractivity contribution in [3.05, 3.63) is 66.6 Å². The Kier molecular flexibility index (Phi) is 5.63. The minimum atomic E-state index is 0.771. The molecular weight excluding hydrogens is 388 g/mol. The number of nitrogens with zero attached hydrogens (tertiary/aromatic N) is 4. The topological polar surface area (TPSA) is 44.5 Å². The molecule has 0 spiro atoms. The highest BCUT2D eigenvalue weighted by Crippen LogP contribution is 2.37. The number of ether oxygens (including phenoxy) is 1. The molecule has 0 saturated carbocycles. The van der Waals surface area contributed by atoms with Gasteiger partial charge in [0.15, 0.2) is 0 Å². The van der Waals surface area contributed by atoms with Crippen molar-refractivity contribution in [3.8, 4) is 16.9 Å². The maximum atomic E-state index is 5.86. The van der Waals surface area contributed by atoms with Crippen molar-refractivity contribution in [1.82, 2.24) is 9.80 Å². The summed E-state index contributed by atoms with van der Waals surface area (Å²) in [6.07, 6.45) is 3.80. The van der Waals surface area contributed by atoms with E-state index in [4.69, 9.17) is 14.1 Å². The van der Waals surface area contributed by atoms with Crippen LogP contribution in [0.5, 0.6) is 5.75 Å². The molecule has 3 aromatic rings. The molecule has 2 aliphatic rings. The fourth-order valence-corrected chi connectivity index (χ4v) is 4.34. The minimum Gasteiger partial charge on any atom is -0.495 e. The Morgan fingerprint density at radius 1 is 0.935 bits per heavy atom. The molecule has 0 radical (unpaired) electrons. The summed E-state index contributed by atoms with van der Waals surface area (Å²) >= 11 is 0. The van der Waals surface area contributed by atoms with Gasteiger partial charge in [0.25, 0.3) is 0 Å². The van der Waals surface area contributed by atoms with Gasteiger partial charge in [-0.2, -0.15) is 0 Å². The Balaban J connectivity index is 1.14. The van der Waals surface area contributed by atoms with Gasteiger partial charge in [-0.25, -0.2) is 4.99 Å². The Morgan fingerprint density at radius 3 is 2.52 bits per heavy atom. The SMILES string of the molecule is COc1ccccc1N1CCN(CCN2C=Nc3c(-c4ccccc4)coc3C2)CC1. The molecule has 160 valence electrons. The quantitative estimate of drug-likeness (QED) is 0.601. The number of fused-ring (bicyclic) bond motifs is 1. The molecule has 0 bridgehead atoms. The summed E-state index contributed by atoms with van der Waals surface area (Å²) in [4.78, 5) is 11.9. The van der Waals surface area contributed by atoms with E-state index in [1.54, 1.807) is 7.11 Å². The first-order valence-electron chi connectivity index (χ1n) is 10.9. The molecule has 3 heterocycles. The van der Waals surface area contributed by atoms with Crippen LogP contribution in [0.3, 0.4) is 0 Å². The lowest BCUT2D eigenvalue weighted by Gasteiger charge is -2.37. The van der Waals surface area contributed by atoms with Gasteiger partial charge in [-0.15, -0.1) is 0 Å². The third-order valence-corrected chi connectivity index (χ3v) is 6.12. The summed E-state index contributed by atoms with van der Waals surface area (Å²) < 4.78 is 11.4. The van der Waals surface area contributed by atoms with Crippen LogP contribution >= 0.6 is 0 Å². The fourth-order valence-electron chi connectivity index (χ4n) is 4.34. The van der Waals surface area contributed by atoms with Crippen LogP contribution in [0.4, 0.5) is 11.4 Å². The van der Waals surface area contributed by atoms with E-state index >= 15 is 0 Å². The summed E-state index contributed by atoms with van der Waals surface area (Å²) in [7, 11) is 1.74. The highest BCUT2D eigenvalue weighted by Gasteiger charge is 2.22. The van der Waals surface area contributed by atoms with E-state index in [1.807, 2.05) is 42.9 Å². The second-order valence-electron chi connectivity index (χ2n) is 8.00. The number of para-hydroxylation sites is 2. The lowest BCUT2D eigenvalue weighted by molar-refractivity contribution is 0.228. The lowest BCUT2D eigenvalue weighted by Crippen LogP contribution is -2.48. The molecule has 1 aromatic heterocycles. The second-order valence-corrected chi connectivity index (χ2v) is 8.00. The largest absolute Gasteiger partial charge is 0.495 e. The molecule has 2 aromatic carbocycles. The number of piperazine rings is 1. The molecule has 5 rings (SSSR count). The average Bonchev–Trinajstić information content (AvgIpc) is 3.27. The number of rotatable bonds is 6. The van der Waals surface area contributed by atoms with Crippen LogP contribution in [-0.4, -0.2) is 62.5 Å². The molecule has 0 atom stereocenters. The Labute approximate surface area is 183 Å². The number of hydrogen-bond donors (Lipinski definition) is 0. The Bertz CT molecular complexity index is 1040. The smallest absolute Gasteiger partial charge is 0.149 e. The van der Waals surface area contributed by atoms with Crippen LogP contribution in [-0.2, 0) is 6.54 Å². The van der Waals surface area contributed by atoms with Crippen molar-refractivity contribution in [1.29, 1.82) is 0 Å². The number of anilines is 1. The summed E-state index contributed by atoms with van der Waals surface area (Å²) in [6.45, 7) is 6.86. The molecule has 0 amide bonds. The van der Waals surface area contributed by atoms with E-state index in [0.29, 0.717) is 0 Å². The van der Waals surface area contributed by atoms with E-state index in [1.165, 1.54) is 5.69 Å². The Morgan fingerprint density at radius 2 is 1.71 bits per heavy atom. The van der Waals surface area contributed by atoms with Gasteiger partial charge in [0.2, 0.25) is 0 Å². The lowest BCUT2D eigenvalue weighted by atomic mass is 10.1. The van der Waals surface area contributed by atoms with Crippen LogP contribution < -0.4 is 9.64 Å². The van der Waals surface area contributed by atoms with Gasteiger partial charge in [0.1, 0.15) is 23.5 Å². The first-order valence-corrected chi connectivity index (χ1v) is 10.9. The molecule has 0 N–H and O–H groups in total. The molecule has 6 heteroatoms. The zero-order valence-electron chi connectivity index (χ0n) is 17.9. The van der Waals surface area contributed by atoms with Crippen LogP contribution in [0, 0.1) is 0 Å². The van der Waals surface area contributed by atoms with E-state index in [-0.39, 0.29) is 0 Å². The third kappa shape index (κ3) is 4.16. The van der Waals surface area contributed by atoms with Gasteiger partial charge >= 0.3 is 0 Å². The maximum Gasteiger partial charge on any atom is 0.149 e. The zero-order chi connectivity index (χ0) is 21.0. The van der Waals surface area contributed by atoms with Gasteiger partial charge in [-0.3, -0.25) is 4.90 Å². The molecular formula is C25H28N4O2. The Hall–Kier alpha value is -3.25. The summed E-state index contributed by atoms with van der Waals surface area (Å²) in [6, 6.07) is 18.6. The normalized spacial score (nSPS) is 16.4. The van der Waals surface area contributed by atoms with E-state index < -0.39 is 0 Å². The first-order chi connectivity index (χ1) is 15.3. The number of benzene rings is 2. The van der Waals surface area contributed by atoms with Crippen LogP contribution in [0.1, 0.15) is 5.76 Å². The van der Waals surface area contributed by atoms with Gasteiger partial charge in [-0.1, -0.05) is 42.5 Å². The van der Waals surface area contributed by atoms with Gasteiger partial charge < -0.3 is 19.0 Å². The van der Waals surface area contributed by atoms with Crippen molar-refractivity contribution >= 4 is 17.7 Å². The first kappa shape index (κ1) is 19.7. The minimum absolute atomic E-state index is 0.771. The van der Waals surface area contributed by atoms with Gasteiger partial charge in [-0.05, 0) is 17.7 Å². The van der Waals surface area contributed by atoms with Gasteiger partial charge in [0, 0.05) is 44.8 Å². The van der Waals surface area contributed by atoms with E-state index in [2.05, 4.69) is 39.0 Å². The molecule has 2 aliphatic heterocycles. The molecule has 1 fully saturated rings. The summed E-state index contributed by atoms with van der Waals surface area (Å²) in [5, 5.41) is 0. The van der Waals surface area contributed by atoms with Crippen LogP contribution in [0.2, 0.25) is 0 Å². The fraction of sp³-hybridized carbons (Fsp3) is 0.320. The monoisotopic (exact) mass is 416 g/mol. The number of aliphatic imine (C=N–C) groups is 1. The van der Waals surface area contributed by atoms with Crippen molar-refractivity contribution in [3.63, 3.8) is 0 Å². The van der Waals surface area contributed by atoms with Crippen LogP contribution in [0.15, 0.2) is 70.3 Å². The highest BCUT2D eigenvalue weighted by molar-refractivity contribution is 5.81. The summed E-state index contributed by atoms with van der Waals surface area (Å²) in [5.41, 5.74) is 4.37. The third-order valence-electron chi connectivity index (χ3n) is 6.12. The summed E-state index contributed by atoms with van der Waals surface area (Å²) in [5.74, 6) is 1.90. The van der Waals surface area contributed by atoms with Crippen molar-refractivity contribution in [2.45, 2.75) is 6.54 Å².